The molecule has 5 atom stereocenters. The van der Waals surface area contributed by atoms with Gasteiger partial charge >= 0.3 is 15.6 Å². The molecule has 2 heterocycles. The number of nitrogens with two attached hydrogens (primary N) is 1. The van der Waals surface area contributed by atoms with Gasteiger partial charge in [0, 0.05) is 5.92 Å². The maximum absolute atomic E-state index is 11.5. The summed E-state index contributed by atoms with van der Waals surface area (Å²) < 4.78 is 31.9. The molecule has 27 heavy (non-hydrogen) atoms. The van der Waals surface area contributed by atoms with Crippen LogP contribution in [0.2, 0.25) is 0 Å². The second-order valence-corrected chi connectivity index (χ2v) is 8.79. The van der Waals surface area contributed by atoms with Gasteiger partial charge in [0.05, 0.1) is 25.1 Å². The van der Waals surface area contributed by atoms with E-state index < -0.39 is 46.4 Å². The lowest BCUT2D eigenvalue weighted by Crippen LogP contribution is -2.30. The number of anilines is 1. The third-order valence-electron chi connectivity index (χ3n) is 4.18. The van der Waals surface area contributed by atoms with E-state index in [2.05, 4.69) is 23.8 Å². The number of aliphatic hydroxyl groups is 2. The van der Waals surface area contributed by atoms with Crippen molar-refractivity contribution >= 4 is 32.6 Å². The van der Waals surface area contributed by atoms with Crippen LogP contribution in [0.1, 0.15) is 12.5 Å². The monoisotopic (exact) mass is 425 g/mol. The summed E-state index contributed by atoms with van der Waals surface area (Å²) in [6.45, 7) is -0.591. The van der Waals surface area contributed by atoms with Gasteiger partial charge < -0.3 is 35.2 Å². The number of aliphatic hydroxyl groups excluding tert-OH is 2. The SMILES string of the molecule is Nc1ncnc2c1ncn2[C@@H]1C[C@H](COP(=O)(O)OP(=O)(O)O)[C@@H](O)[C@H]1O. The molecule has 0 saturated heterocycles. The van der Waals surface area contributed by atoms with Crippen LogP contribution in [0.25, 0.3) is 11.2 Å². The lowest BCUT2D eigenvalue weighted by Gasteiger charge is -2.18. The van der Waals surface area contributed by atoms with Crippen LogP contribution in [-0.4, -0.2) is 63.2 Å². The molecule has 1 unspecified atom stereocenters. The molecule has 16 heteroatoms. The van der Waals surface area contributed by atoms with Crippen LogP contribution in [0.15, 0.2) is 12.7 Å². The first kappa shape index (κ1) is 20.3. The summed E-state index contributed by atoms with van der Waals surface area (Å²) in [6.07, 6.45) is 0.0473. The topological polar surface area (TPSA) is 223 Å². The molecule has 0 spiro atoms. The van der Waals surface area contributed by atoms with Gasteiger partial charge in [0.15, 0.2) is 11.5 Å². The fourth-order valence-electron chi connectivity index (χ4n) is 3.00. The Morgan fingerprint density at radius 1 is 1.19 bits per heavy atom. The summed E-state index contributed by atoms with van der Waals surface area (Å²) in [6, 6.07) is -0.700. The number of phosphoric acid groups is 2. The predicted molar refractivity (Wildman–Crippen MR) is 87.8 cm³/mol. The maximum Gasteiger partial charge on any atom is 0.481 e. The van der Waals surface area contributed by atoms with E-state index in [9.17, 15) is 24.2 Å². The van der Waals surface area contributed by atoms with E-state index in [0.717, 1.165) is 0 Å². The van der Waals surface area contributed by atoms with Crippen LogP contribution in [-0.2, 0) is 18.0 Å². The molecule has 0 amide bonds. The number of fused-ring (bicyclic) bond motifs is 1. The quantitative estimate of drug-likeness (QED) is 0.303. The zero-order chi connectivity index (χ0) is 20.0. The standard InChI is InChI=1S/C11H17N5O9P2/c12-10-7-11(14-3-13-10)16(4-15-7)6-1-5(8(17)9(6)18)2-24-27(22,23)25-26(19,20)21/h3-6,8-9,17-18H,1-2H2,(H,22,23)(H2,12,13,14)(H2,19,20,21)/t5-,6-,8-,9+/m1/s1. The van der Waals surface area contributed by atoms with E-state index in [1.165, 1.54) is 17.2 Å². The molecule has 150 valence electrons. The van der Waals surface area contributed by atoms with E-state index in [0.29, 0.717) is 11.2 Å². The minimum Gasteiger partial charge on any atom is -0.390 e. The molecule has 0 radical (unpaired) electrons. The molecule has 1 fully saturated rings. The van der Waals surface area contributed by atoms with Crippen molar-refractivity contribution in [3.63, 3.8) is 0 Å². The lowest BCUT2D eigenvalue weighted by atomic mass is 10.1. The van der Waals surface area contributed by atoms with Crippen LogP contribution in [0.4, 0.5) is 5.82 Å². The number of nitrogen functional groups attached to an aromatic ring is 1. The molecular weight excluding hydrogens is 408 g/mol. The number of nitrogens with zero attached hydrogens (tertiary/aromatic N) is 4. The number of aromatic nitrogens is 4. The highest BCUT2D eigenvalue weighted by Crippen LogP contribution is 2.58. The summed E-state index contributed by atoms with van der Waals surface area (Å²) in [5.74, 6) is -0.690. The maximum atomic E-state index is 11.5. The van der Waals surface area contributed by atoms with Crippen molar-refractivity contribution in [2.24, 2.45) is 5.92 Å². The minimum absolute atomic E-state index is 0.0909. The Morgan fingerprint density at radius 2 is 1.89 bits per heavy atom. The average Bonchev–Trinajstić information content (AvgIpc) is 3.07. The molecule has 0 aliphatic heterocycles. The van der Waals surface area contributed by atoms with Crippen molar-refractivity contribution in [1.29, 1.82) is 0 Å². The van der Waals surface area contributed by atoms with Crippen molar-refractivity contribution in [2.45, 2.75) is 24.7 Å². The van der Waals surface area contributed by atoms with Crippen molar-refractivity contribution in [3.05, 3.63) is 12.7 Å². The first-order valence-corrected chi connectivity index (χ1v) is 10.5. The Bertz CT molecular complexity index is 932. The van der Waals surface area contributed by atoms with Crippen molar-refractivity contribution in [3.8, 4) is 0 Å². The van der Waals surface area contributed by atoms with E-state index >= 15 is 0 Å². The third kappa shape index (κ3) is 4.35. The second-order valence-electron chi connectivity index (χ2n) is 5.96. The summed E-state index contributed by atoms with van der Waals surface area (Å²) in [5, 5.41) is 20.5. The van der Waals surface area contributed by atoms with Gasteiger partial charge in [-0.2, -0.15) is 4.31 Å². The molecule has 1 aliphatic rings. The highest BCUT2D eigenvalue weighted by atomic mass is 31.3. The van der Waals surface area contributed by atoms with E-state index in [1.54, 1.807) is 0 Å². The molecule has 7 N–H and O–H groups in total. The Kier molecular flexibility index (Phi) is 5.38. The average molecular weight is 425 g/mol. The van der Waals surface area contributed by atoms with Crippen LogP contribution in [0, 0.1) is 5.92 Å². The van der Waals surface area contributed by atoms with E-state index in [-0.39, 0.29) is 12.2 Å². The fraction of sp³-hybridized carbons (Fsp3) is 0.545. The molecule has 0 aromatic carbocycles. The van der Waals surface area contributed by atoms with E-state index in [1.807, 2.05) is 0 Å². The zero-order valence-electron chi connectivity index (χ0n) is 13.5. The largest absolute Gasteiger partial charge is 0.481 e. The van der Waals surface area contributed by atoms with Crippen molar-refractivity contribution in [2.75, 3.05) is 12.3 Å². The highest BCUT2D eigenvalue weighted by molar-refractivity contribution is 7.60. The van der Waals surface area contributed by atoms with Crippen LogP contribution >= 0.6 is 15.6 Å². The van der Waals surface area contributed by atoms with Crippen LogP contribution in [0.5, 0.6) is 0 Å². The van der Waals surface area contributed by atoms with E-state index in [4.69, 9.17) is 15.5 Å². The van der Waals surface area contributed by atoms with Gasteiger partial charge in [0.25, 0.3) is 0 Å². The smallest absolute Gasteiger partial charge is 0.390 e. The second kappa shape index (κ2) is 7.17. The van der Waals surface area contributed by atoms with Crippen LogP contribution in [0.3, 0.4) is 0 Å². The molecule has 2 aromatic rings. The summed E-state index contributed by atoms with van der Waals surface area (Å²) in [7, 11) is -10.3. The van der Waals surface area contributed by atoms with Gasteiger partial charge in [-0.15, -0.1) is 0 Å². The summed E-state index contributed by atoms with van der Waals surface area (Å²) in [4.78, 5) is 38.4. The Morgan fingerprint density at radius 3 is 2.56 bits per heavy atom. The number of hydrogen-bond donors (Lipinski definition) is 6. The van der Waals surface area contributed by atoms with Gasteiger partial charge in [-0.25, -0.2) is 24.1 Å². The van der Waals surface area contributed by atoms with Gasteiger partial charge in [-0.05, 0) is 6.42 Å². The zero-order valence-corrected chi connectivity index (χ0v) is 15.3. The van der Waals surface area contributed by atoms with Crippen molar-refractivity contribution in [1.82, 2.24) is 19.5 Å². The molecule has 2 aromatic heterocycles. The number of phosphoric ester groups is 1. The van der Waals surface area contributed by atoms with Crippen molar-refractivity contribution < 1.29 is 42.9 Å². The Hall–Kier alpha value is -1.47. The molecule has 3 rings (SSSR count). The molecule has 1 saturated carbocycles. The summed E-state index contributed by atoms with van der Waals surface area (Å²) >= 11 is 0. The fourth-order valence-corrected chi connectivity index (χ4v) is 4.64. The molecular formula is C11H17N5O9P2. The first-order chi connectivity index (χ1) is 12.5. The predicted octanol–water partition coefficient (Wildman–Crippen LogP) is -1.08. The highest BCUT2D eigenvalue weighted by Gasteiger charge is 2.44. The Labute approximate surface area is 151 Å². The normalized spacial score (nSPS) is 28.5. The van der Waals surface area contributed by atoms with Gasteiger partial charge in [-0.1, -0.05) is 0 Å². The number of rotatable bonds is 6. The molecule has 14 nitrogen and oxygen atoms in total. The van der Waals surface area contributed by atoms with Gasteiger partial charge in [-0.3, -0.25) is 4.52 Å². The molecule has 1 aliphatic carbocycles. The van der Waals surface area contributed by atoms with Gasteiger partial charge in [0.1, 0.15) is 17.9 Å². The molecule has 0 bridgehead atoms. The minimum atomic E-state index is -5.25. The third-order valence-corrected chi connectivity index (χ3v) is 6.33. The lowest BCUT2D eigenvalue weighted by molar-refractivity contribution is -0.00373. The Balaban J connectivity index is 1.75. The van der Waals surface area contributed by atoms with Gasteiger partial charge in [0.2, 0.25) is 0 Å². The number of hydrogen-bond acceptors (Lipinski definition) is 10. The summed E-state index contributed by atoms with van der Waals surface area (Å²) in [5.41, 5.74) is 6.35. The first-order valence-electron chi connectivity index (χ1n) is 7.52. The van der Waals surface area contributed by atoms with Crippen LogP contribution < -0.4 is 5.73 Å². The number of imidazole rings is 1.